The van der Waals surface area contributed by atoms with Gasteiger partial charge in [0.1, 0.15) is 22.7 Å². The number of fused-ring (bicyclic) bond motifs is 15. The Morgan fingerprint density at radius 1 is 0.431 bits per heavy atom. The van der Waals surface area contributed by atoms with Crippen molar-refractivity contribution >= 4 is 53.6 Å². The number of hydrogen-bond donors (Lipinski definition) is 0. The summed E-state index contributed by atoms with van der Waals surface area (Å²) in [4.78, 5) is 10.5. The second-order valence-electron chi connectivity index (χ2n) is 15.2. The Morgan fingerprint density at radius 2 is 1.03 bits per heavy atom. The topological polar surface area (TPSA) is 48.2 Å². The van der Waals surface area contributed by atoms with E-state index in [9.17, 15) is 0 Å². The summed E-state index contributed by atoms with van der Waals surface area (Å²) in [5.41, 5.74) is 14.3. The molecular formula is C53H30N2O2S. The van der Waals surface area contributed by atoms with Gasteiger partial charge in [0.2, 0.25) is 0 Å². The first-order valence-electron chi connectivity index (χ1n) is 19.6. The minimum atomic E-state index is -0.554. The average Bonchev–Trinajstić information content (AvgIpc) is 3.95. The van der Waals surface area contributed by atoms with Gasteiger partial charge in [-0.3, -0.25) is 0 Å². The highest BCUT2D eigenvalue weighted by atomic mass is 32.1. The van der Waals surface area contributed by atoms with Crippen LogP contribution < -0.4 is 4.74 Å². The molecule has 270 valence electrons. The van der Waals surface area contributed by atoms with E-state index >= 15 is 0 Å². The molecule has 0 N–H and O–H groups in total. The largest absolute Gasteiger partial charge is 0.457 e. The maximum atomic E-state index is 7.15. The van der Waals surface area contributed by atoms with E-state index in [0.29, 0.717) is 5.82 Å². The molecule has 2 aliphatic rings. The van der Waals surface area contributed by atoms with Gasteiger partial charge in [-0.1, -0.05) is 152 Å². The molecule has 1 aliphatic carbocycles. The van der Waals surface area contributed by atoms with Gasteiger partial charge >= 0.3 is 0 Å². The summed E-state index contributed by atoms with van der Waals surface area (Å²) in [7, 11) is 0. The van der Waals surface area contributed by atoms with Crippen LogP contribution >= 0.6 is 11.3 Å². The van der Waals surface area contributed by atoms with Crippen molar-refractivity contribution in [2.75, 3.05) is 0 Å². The number of hydrogen-bond acceptors (Lipinski definition) is 5. The molecule has 5 heteroatoms. The lowest BCUT2D eigenvalue weighted by Gasteiger charge is -2.39. The number of aromatic nitrogens is 2. The number of para-hydroxylation sites is 4. The molecule has 0 radical (unpaired) electrons. The van der Waals surface area contributed by atoms with Crippen molar-refractivity contribution in [3.63, 3.8) is 0 Å². The minimum absolute atomic E-state index is 0.554. The fraction of sp³-hybridized carbons (Fsp3) is 0.0189. The van der Waals surface area contributed by atoms with E-state index in [0.717, 1.165) is 88.1 Å². The molecule has 58 heavy (non-hydrogen) atoms. The van der Waals surface area contributed by atoms with Crippen molar-refractivity contribution in [1.82, 2.24) is 9.97 Å². The summed E-state index contributed by atoms with van der Waals surface area (Å²) in [5, 5.41) is 3.26. The van der Waals surface area contributed by atoms with Crippen molar-refractivity contribution in [3.05, 3.63) is 204 Å². The van der Waals surface area contributed by atoms with Gasteiger partial charge < -0.3 is 9.15 Å². The monoisotopic (exact) mass is 758 g/mol. The maximum absolute atomic E-state index is 7.15. The second-order valence-corrected chi connectivity index (χ2v) is 16.2. The molecule has 3 aromatic heterocycles. The number of ether oxygens (including phenoxy) is 1. The van der Waals surface area contributed by atoms with Crippen LogP contribution in [0.3, 0.4) is 0 Å². The third-order valence-corrected chi connectivity index (χ3v) is 13.4. The molecule has 8 aromatic carbocycles. The predicted molar refractivity (Wildman–Crippen MR) is 236 cm³/mol. The van der Waals surface area contributed by atoms with Gasteiger partial charge in [-0.2, -0.15) is 0 Å². The molecule has 11 aromatic rings. The number of benzene rings is 8. The van der Waals surface area contributed by atoms with Gasteiger partial charge in [0, 0.05) is 48.7 Å². The van der Waals surface area contributed by atoms with Crippen LogP contribution in [0.5, 0.6) is 11.5 Å². The minimum Gasteiger partial charge on any atom is -0.457 e. The molecule has 0 saturated carbocycles. The molecular weight excluding hydrogens is 729 g/mol. The Hall–Kier alpha value is -7.34. The third kappa shape index (κ3) is 4.23. The van der Waals surface area contributed by atoms with E-state index < -0.39 is 5.41 Å². The van der Waals surface area contributed by atoms with Gasteiger partial charge in [-0.05, 0) is 58.1 Å². The summed E-state index contributed by atoms with van der Waals surface area (Å²) < 4.78 is 16.0. The normalized spacial score (nSPS) is 13.4. The Labute approximate surface area is 337 Å². The van der Waals surface area contributed by atoms with Gasteiger partial charge in [-0.25, -0.2) is 9.97 Å². The molecule has 0 unspecified atom stereocenters. The lowest BCUT2D eigenvalue weighted by Crippen LogP contribution is -2.32. The molecule has 4 heterocycles. The van der Waals surface area contributed by atoms with Crippen LogP contribution in [0.4, 0.5) is 0 Å². The SMILES string of the molecule is c1ccc(-c2nc(-c3cccc4c3oc3c(-c5ccc6c(c5)C5(c7ccccc7Oc7ccccc75)c5ccccc5-6)cccc34)c3sc4ccccc4c3n2)cc1. The lowest BCUT2D eigenvalue weighted by atomic mass is 9.66. The van der Waals surface area contributed by atoms with E-state index in [4.69, 9.17) is 19.1 Å². The van der Waals surface area contributed by atoms with Crippen LogP contribution in [0, 0.1) is 0 Å². The standard InChI is InChI=1S/C53H30N2O2S/c1-2-14-31(15-3-1)52-54-47-38-17-5-11-27-46(38)58-51(47)48(55-52)39-21-13-20-37-36-19-12-18-33(49(36)57-50(37)39)32-28-29-35-34-16-4-6-22-40(34)53(43(35)30-32)41-23-7-9-25-44(41)56-45-26-10-8-24-42(45)53/h1-30H. The fourth-order valence-corrected chi connectivity index (χ4v) is 10.9. The van der Waals surface area contributed by atoms with Crippen molar-refractivity contribution in [3.8, 4) is 56.4 Å². The smallest absolute Gasteiger partial charge is 0.160 e. The third-order valence-electron chi connectivity index (χ3n) is 12.2. The van der Waals surface area contributed by atoms with E-state index in [1.165, 1.54) is 27.0 Å². The number of rotatable bonds is 3. The van der Waals surface area contributed by atoms with Crippen LogP contribution in [-0.4, -0.2) is 9.97 Å². The summed E-state index contributed by atoms with van der Waals surface area (Å²) in [6.45, 7) is 0. The molecule has 13 rings (SSSR count). The van der Waals surface area contributed by atoms with Crippen LogP contribution in [0.15, 0.2) is 186 Å². The summed E-state index contributed by atoms with van der Waals surface area (Å²) >= 11 is 1.73. The molecule has 1 aliphatic heterocycles. The van der Waals surface area contributed by atoms with Gasteiger partial charge in [0.05, 0.1) is 21.3 Å². The predicted octanol–water partition coefficient (Wildman–Crippen LogP) is 14.2. The fourth-order valence-electron chi connectivity index (χ4n) is 9.75. The molecule has 0 atom stereocenters. The number of nitrogens with zero attached hydrogens (tertiary/aromatic N) is 2. The van der Waals surface area contributed by atoms with E-state index in [1.54, 1.807) is 11.3 Å². The molecule has 0 amide bonds. The second kappa shape index (κ2) is 11.8. The summed E-state index contributed by atoms with van der Waals surface area (Å²) in [5.74, 6) is 2.47. The summed E-state index contributed by atoms with van der Waals surface area (Å²) in [6, 6.07) is 64.5. The zero-order valence-electron chi connectivity index (χ0n) is 30.9. The van der Waals surface area contributed by atoms with Crippen molar-refractivity contribution in [2.45, 2.75) is 5.41 Å². The zero-order valence-corrected chi connectivity index (χ0v) is 31.8. The lowest BCUT2D eigenvalue weighted by molar-refractivity contribution is 0.436. The quantitative estimate of drug-likeness (QED) is 0.180. The van der Waals surface area contributed by atoms with Crippen molar-refractivity contribution in [1.29, 1.82) is 0 Å². The van der Waals surface area contributed by atoms with Crippen LogP contribution in [0.1, 0.15) is 22.3 Å². The van der Waals surface area contributed by atoms with Crippen molar-refractivity contribution < 1.29 is 9.15 Å². The van der Waals surface area contributed by atoms with Crippen LogP contribution in [0.25, 0.3) is 87.1 Å². The maximum Gasteiger partial charge on any atom is 0.160 e. The van der Waals surface area contributed by atoms with E-state index in [-0.39, 0.29) is 0 Å². The first kappa shape index (κ1) is 31.8. The number of thiophene rings is 1. The Morgan fingerprint density at radius 3 is 1.83 bits per heavy atom. The zero-order chi connectivity index (χ0) is 38.0. The highest BCUT2D eigenvalue weighted by Crippen LogP contribution is 2.62. The Bertz CT molecular complexity index is 3460. The Kier molecular flexibility index (Phi) is 6.49. The summed E-state index contributed by atoms with van der Waals surface area (Å²) in [6.07, 6.45) is 0. The number of furan rings is 1. The average molecular weight is 759 g/mol. The van der Waals surface area contributed by atoms with Crippen LogP contribution in [-0.2, 0) is 5.41 Å². The first-order valence-corrected chi connectivity index (χ1v) is 20.4. The molecule has 1 spiro atoms. The van der Waals surface area contributed by atoms with E-state index in [2.05, 4.69) is 164 Å². The van der Waals surface area contributed by atoms with Crippen LogP contribution in [0.2, 0.25) is 0 Å². The molecule has 4 nitrogen and oxygen atoms in total. The molecule has 0 bridgehead atoms. The van der Waals surface area contributed by atoms with Gasteiger partial charge in [-0.15, -0.1) is 11.3 Å². The first-order chi connectivity index (χ1) is 28.8. The van der Waals surface area contributed by atoms with Gasteiger partial charge in [0.15, 0.2) is 5.82 Å². The van der Waals surface area contributed by atoms with Crippen molar-refractivity contribution in [2.24, 2.45) is 0 Å². The highest BCUT2D eigenvalue weighted by molar-refractivity contribution is 7.26. The highest BCUT2D eigenvalue weighted by Gasteiger charge is 2.51. The molecule has 0 saturated heterocycles. The van der Waals surface area contributed by atoms with E-state index in [1.807, 2.05) is 18.2 Å². The molecule has 0 fully saturated rings. The Balaban J connectivity index is 1.06. The van der Waals surface area contributed by atoms with Gasteiger partial charge in [0.25, 0.3) is 0 Å².